The number of alkyl halides is 2. The summed E-state index contributed by atoms with van der Waals surface area (Å²) in [6, 6.07) is 1.31. The first-order valence-corrected chi connectivity index (χ1v) is 8.09. The molecule has 4 unspecified atom stereocenters. The van der Waals surface area contributed by atoms with Crippen molar-refractivity contribution >= 4 is 23.2 Å². The van der Waals surface area contributed by atoms with Crippen molar-refractivity contribution < 1.29 is 33.4 Å². The second kappa shape index (κ2) is 7.20. The molecule has 0 bridgehead atoms. The Morgan fingerprint density at radius 3 is 2.21 bits per heavy atom. The summed E-state index contributed by atoms with van der Waals surface area (Å²) < 4.78 is 35.0. The smallest absolute Gasteiger partial charge is 0.351 e. The van der Waals surface area contributed by atoms with Crippen LogP contribution in [0.2, 0.25) is 5.02 Å². The highest BCUT2D eigenvalue weighted by molar-refractivity contribution is 6.32. The third kappa shape index (κ3) is 2.74. The number of hydrogen-bond acceptors (Lipinski definition) is 9. The van der Waals surface area contributed by atoms with Crippen LogP contribution in [0, 0.1) is 36.2 Å². The first-order chi connectivity index (χ1) is 13.3. The standard InChI is InChI=1S/C13H10Cl2F2N4O8/c1-29-8-5(14)3-2-4(6(8)16)12(20(25)26)10(22)7(19(23)24)9(15)13(18,11(12)17)21(27)28/h2-3,9,11,22H,18H2,1H3. The fraction of sp³-hybridized carbons (Fsp3) is 0.385. The number of benzene rings is 1. The number of nitrogens with two attached hydrogens (primary N) is 1. The van der Waals surface area contributed by atoms with Crippen molar-refractivity contribution in [3.8, 4) is 5.75 Å². The van der Waals surface area contributed by atoms with Crippen LogP contribution < -0.4 is 10.5 Å². The summed E-state index contributed by atoms with van der Waals surface area (Å²) in [5.74, 6) is -4.51. The van der Waals surface area contributed by atoms with Crippen LogP contribution in [-0.4, -0.2) is 44.2 Å². The molecule has 12 nitrogen and oxygen atoms in total. The molecule has 0 heterocycles. The first-order valence-electron chi connectivity index (χ1n) is 7.27. The van der Waals surface area contributed by atoms with Crippen LogP contribution in [0.25, 0.3) is 0 Å². The Morgan fingerprint density at radius 1 is 1.24 bits per heavy atom. The van der Waals surface area contributed by atoms with E-state index in [1.54, 1.807) is 0 Å². The highest BCUT2D eigenvalue weighted by Gasteiger charge is 2.79. The van der Waals surface area contributed by atoms with Crippen LogP contribution in [0.3, 0.4) is 0 Å². The molecule has 0 amide bonds. The van der Waals surface area contributed by atoms with Crippen molar-refractivity contribution in [1.82, 2.24) is 0 Å². The molecule has 29 heavy (non-hydrogen) atoms. The summed E-state index contributed by atoms with van der Waals surface area (Å²) >= 11 is 11.3. The maximum absolute atomic E-state index is 15.4. The van der Waals surface area contributed by atoms with Gasteiger partial charge in [-0.05, 0) is 12.1 Å². The third-order valence-corrected chi connectivity index (χ3v) is 5.34. The van der Waals surface area contributed by atoms with Crippen molar-refractivity contribution in [2.75, 3.05) is 7.11 Å². The summed E-state index contributed by atoms with van der Waals surface area (Å²) in [5.41, 5.74) is -5.34. The molecule has 0 fully saturated rings. The SMILES string of the molecule is COc1c(Cl)ccc(C2([N+](=O)[O-])C(O)=C([N+](=O)[O-])C(Cl)C(N)([N+](=O)[O-])C2F)c1F. The minimum Gasteiger partial charge on any atom is -0.501 e. The second-order valence-corrected chi connectivity index (χ2v) is 6.67. The van der Waals surface area contributed by atoms with Crippen LogP contribution in [0.15, 0.2) is 23.6 Å². The van der Waals surface area contributed by atoms with Gasteiger partial charge in [-0.15, -0.1) is 11.6 Å². The zero-order valence-electron chi connectivity index (χ0n) is 14.0. The van der Waals surface area contributed by atoms with Crippen LogP contribution in [-0.2, 0) is 5.54 Å². The number of methoxy groups -OCH3 is 1. The number of ether oxygens (including phenoxy) is 1. The molecule has 3 N–H and O–H groups in total. The lowest BCUT2D eigenvalue weighted by atomic mass is 9.72. The predicted octanol–water partition coefficient (Wildman–Crippen LogP) is 1.90. The fourth-order valence-corrected chi connectivity index (χ4v) is 3.63. The lowest BCUT2D eigenvalue weighted by molar-refractivity contribution is -0.639. The van der Waals surface area contributed by atoms with Gasteiger partial charge in [0.05, 0.1) is 22.6 Å². The molecular formula is C13H10Cl2F2N4O8. The van der Waals surface area contributed by atoms with Gasteiger partial charge in [-0.2, -0.15) is 0 Å². The summed E-state index contributed by atoms with van der Waals surface area (Å²) in [6.07, 6.45) is -3.56. The van der Waals surface area contributed by atoms with E-state index >= 15 is 4.39 Å². The van der Waals surface area contributed by atoms with Crippen molar-refractivity contribution in [1.29, 1.82) is 0 Å². The Kier molecular flexibility index (Phi) is 5.57. The molecule has 4 atom stereocenters. The molecule has 0 aromatic heterocycles. The number of nitrogens with zero attached hydrogens (tertiary/aromatic N) is 3. The second-order valence-electron chi connectivity index (χ2n) is 5.83. The Hall–Kier alpha value is -2.84. The summed E-state index contributed by atoms with van der Waals surface area (Å²) in [5, 5.41) is 41.9. The highest BCUT2D eigenvalue weighted by Crippen LogP contribution is 2.51. The van der Waals surface area contributed by atoms with Crippen molar-refractivity contribution in [3.63, 3.8) is 0 Å². The third-order valence-electron chi connectivity index (χ3n) is 4.49. The molecule has 0 aliphatic heterocycles. The first kappa shape index (κ1) is 22.4. The average molecular weight is 459 g/mol. The largest absolute Gasteiger partial charge is 0.501 e. The molecule has 1 aromatic rings. The van der Waals surface area contributed by atoms with Gasteiger partial charge in [0.1, 0.15) is 0 Å². The summed E-state index contributed by atoms with van der Waals surface area (Å²) in [6.45, 7) is 0. The Balaban J connectivity index is 3.12. The van der Waals surface area contributed by atoms with E-state index in [9.17, 15) is 39.8 Å². The number of aliphatic hydroxyl groups excluding tert-OH is 1. The van der Waals surface area contributed by atoms with E-state index in [4.69, 9.17) is 28.9 Å². The zero-order valence-corrected chi connectivity index (χ0v) is 15.6. The minimum absolute atomic E-state index is 0.431. The van der Waals surface area contributed by atoms with E-state index in [1.165, 1.54) is 0 Å². The van der Waals surface area contributed by atoms with Gasteiger partial charge in [0.2, 0.25) is 5.38 Å². The van der Waals surface area contributed by atoms with Gasteiger partial charge in [0.15, 0.2) is 11.6 Å². The molecule has 16 heteroatoms. The predicted molar refractivity (Wildman–Crippen MR) is 91.7 cm³/mol. The van der Waals surface area contributed by atoms with Crippen molar-refractivity contribution in [2.45, 2.75) is 22.8 Å². The highest BCUT2D eigenvalue weighted by atomic mass is 35.5. The average Bonchev–Trinajstić information content (AvgIpc) is 2.61. The Morgan fingerprint density at radius 2 is 1.79 bits per heavy atom. The van der Waals surface area contributed by atoms with E-state index in [-0.39, 0.29) is 0 Å². The van der Waals surface area contributed by atoms with Crippen LogP contribution in [0.5, 0.6) is 5.75 Å². The molecule has 0 saturated carbocycles. The molecule has 1 aliphatic rings. The molecule has 0 saturated heterocycles. The maximum Gasteiger partial charge on any atom is 0.351 e. The molecule has 1 aromatic carbocycles. The lowest BCUT2D eigenvalue weighted by Gasteiger charge is -2.38. The van der Waals surface area contributed by atoms with Gasteiger partial charge in [-0.3, -0.25) is 36.1 Å². The minimum atomic E-state index is -3.91. The van der Waals surface area contributed by atoms with E-state index in [0.29, 0.717) is 6.07 Å². The molecule has 1 aliphatic carbocycles. The fourth-order valence-electron chi connectivity index (χ4n) is 3.04. The van der Waals surface area contributed by atoms with Gasteiger partial charge in [0.25, 0.3) is 11.9 Å². The number of hydrogen-bond donors (Lipinski definition) is 2. The van der Waals surface area contributed by atoms with Crippen molar-refractivity contribution in [2.24, 2.45) is 5.73 Å². The van der Waals surface area contributed by atoms with Gasteiger partial charge in [-0.25, -0.2) is 8.78 Å². The molecule has 0 radical (unpaired) electrons. The van der Waals surface area contributed by atoms with Gasteiger partial charge in [-0.1, -0.05) is 11.6 Å². The Bertz CT molecular complexity index is 963. The van der Waals surface area contributed by atoms with Gasteiger partial charge >= 0.3 is 16.9 Å². The number of rotatable bonds is 5. The van der Waals surface area contributed by atoms with Gasteiger partial charge < -0.3 is 9.84 Å². The molecule has 0 spiro atoms. The molecular weight excluding hydrogens is 449 g/mol. The van der Waals surface area contributed by atoms with E-state index < -0.39 is 71.1 Å². The zero-order chi connectivity index (χ0) is 22.5. The Labute approximate surface area is 168 Å². The lowest BCUT2D eigenvalue weighted by Crippen LogP contribution is -2.73. The van der Waals surface area contributed by atoms with E-state index in [0.717, 1.165) is 13.2 Å². The molecule has 158 valence electrons. The van der Waals surface area contributed by atoms with Crippen molar-refractivity contribution in [3.05, 3.63) is 70.3 Å². The monoisotopic (exact) mass is 458 g/mol. The topological polar surface area (TPSA) is 185 Å². The molecule has 2 rings (SSSR count). The van der Waals surface area contributed by atoms with E-state index in [1.807, 2.05) is 0 Å². The number of halogens is 4. The normalized spacial score (nSPS) is 29.4. The maximum atomic E-state index is 15.4. The number of aliphatic hydroxyl groups is 1. The van der Waals surface area contributed by atoms with E-state index in [2.05, 4.69) is 4.74 Å². The van der Waals surface area contributed by atoms with Crippen LogP contribution in [0.4, 0.5) is 8.78 Å². The van der Waals surface area contributed by atoms with Crippen LogP contribution >= 0.6 is 23.2 Å². The van der Waals surface area contributed by atoms with Crippen LogP contribution in [0.1, 0.15) is 5.56 Å². The summed E-state index contributed by atoms with van der Waals surface area (Å²) in [7, 11) is 0.901. The van der Waals surface area contributed by atoms with Gasteiger partial charge in [0, 0.05) is 9.85 Å². The number of nitro groups is 3. The quantitative estimate of drug-likeness (QED) is 0.287. The summed E-state index contributed by atoms with van der Waals surface area (Å²) in [4.78, 5) is 29.9.